The Bertz CT molecular complexity index is 1070. The lowest BCUT2D eigenvalue weighted by molar-refractivity contribution is -0.140. The number of carbonyl (C=O) groups excluding carboxylic acids is 2. The van der Waals surface area contributed by atoms with Gasteiger partial charge < -0.3 is 32.3 Å². The van der Waals surface area contributed by atoms with E-state index in [4.69, 9.17) is 21.7 Å². The second-order valence-electron chi connectivity index (χ2n) is 6.27. The summed E-state index contributed by atoms with van der Waals surface area (Å²) in [6.45, 7) is 0. The lowest BCUT2D eigenvalue weighted by atomic mass is 10.1. The van der Waals surface area contributed by atoms with E-state index >= 15 is 0 Å². The molecule has 2 aromatic heterocycles. The Morgan fingerprint density at radius 1 is 1.16 bits per heavy atom. The lowest BCUT2D eigenvalue weighted by Crippen LogP contribution is -2.41. The minimum atomic E-state index is -1.40. The van der Waals surface area contributed by atoms with Crippen molar-refractivity contribution in [3.63, 3.8) is 0 Å². The van der Waals surface area contributed by atoms with Gasteiger partial charge in [-0.25, -0.2) is 9.78 Å². The fraction of sp³-hybridized carbons (Fsp3) is 0.235. The summed E-state index contributed by atoms with van der Waals surface area (Å²) in [6, 6.07) is 1.16. The molecule has 0 saturated carbocycles. The van der Waals surface area contributed by atoms with Crippen LogP contribution in [0.4, 0.5) is 17.5 Å². The third-order valence-corrected chi connectivity index (χ3v) is 3.93. The van der Waals surface area contributed by atoms with E-state index in [1.165, 1.54) is 12.1 Å². The average molecular weight is 433 g/mol. The van der Waals surface area contributed by atoms with Crippen LogP contribution in [-0.2, 0) is 20.8 Å². The van der Waals surface area contributed by atoms with Crippen molar-refractivity contribution in [1.29, 1.82) is 0 Å². The van der Waals surface area contributed by atoms with Gasteiger partial charge in [0.2, 0.25) is 11.9 Å². The number of anilines is 3. The van der Waals surface area contributed by atoms with E-state index in [2.05, 4.69) is 25.6 Å². The van der Waals surface area contributed by atoms with Crippen LogP contribution in [0, 0.1) is 0 Å². The number of nitrogens with one attached hydrogen (secondary N) is 3. The summed E-state index contributed by atoms with van der Waals surface area (Å²) in [5, 5.41) is 22.4. The molecular weight excluding hydrogens is 414 g/mol. The van der Waals surface area contributed by atoms with E-state index in [-0.39, 0.29) is 41.6 Å². The topological polar surface area (TPSA) is 243 Å². The molecule has 0 aromatic carbocycles. The van der Waals surface area contributed by atoms with Crippen molar-refractivity contribution in [2.75, 3.05) is 16.8 Å². The Morgan fingerprint density at radius 2 is 1.87 bits per heavy atom. The van der Waals surface area contributed by atoms with Crippen molar-refractivity contribution in [3.8, 4) is 0 Å². The number of hydrogen-bond donors (Lipinski definition) is 7. The van der Waals surface area contributed by atoms with Crippen LogP contribution in [0.1, 0.15) is 28.9 Å². The second kappa shape index (κ2) is 9.82. The normalized spacial score (nSPS) is 11.4. The Labute approximate surface area is 173 Å². The second-order valence-corrected chi connectivity index (χ2v) is 6.27. The van der Waals surface area contributed by atoms with Gasteiger partial charge in [-0.05, 0) is 18.6 Å². The predicted octanol–water partition coefficient (Wildman–Crippen LogP) is -1.44. The number of carboxylic acid groups (broad SMARTS) is 2. The molecule has 14 nitrogen and oxygen atoms in total. The molecule has 0 radical (unpaired) electrons. The number of aromatic nitrogens is 3. The van der Waals surface area contributed by atoms with Crippen molar-refractivity contribution < 1.29 is 29.4 Å². The summed E-state index contributed by atoms with van der Waals surface area (Å²) >= 11 is 0. The quantitative estimate of drug-likeness (QED) is 0.241. The molecule has 0 spiro atoms. The third kappa shape index (κ3) is 6.52. The molecule has 0 aliphatic carbocycles. The number of nitrogens with two attached hydrogens (primary N) is 2. The van der Waals surface area contributed by atoms with E-state index in [1.807, 2.05) is 0 Å². The van der Waals surface area contributed by atoms with E-state index in [1.54, 1.807) is 0 Å². The highest BCUT2D eigenvalue weighted by Crippen LogP contribution is 2.10. The zero-order valence-corrected chi connectivity index (χ0v) is 15.9. The molecule has 1 atom stereocenters. The van der Waals surface area contributed by atoms with Gasteiger partial charge in [-0.1, -0.05) is 0 Å². The Balaban J connectivity index is 2.00. The van der Waals surface area contributed by atoms with Crippen LogP contribution in [0.25, 0.3) is 0 Å². The molecule has 14 heteroatoms. The molecule has 2 heterocycles. The van der Waals surface area contributed by atoms with Gasteiger partial charge in [0.25, 0.3) is 11.5 Å². The van der Waals surface area contributed by atoms with E-state index < -0.39 is 41.8 Å². The Morgan fingerprint density at radius 3 is 2.42 bits per heavy atom. The first-order valence-corrected chi connectivity index (χ1v) is 8.72. The zero-order valence-electron chi connectivity index (χ0n) is 15.9. The maximum Gasteiger partial charge on any atom is 0.326 e. The number of carbonyl (C=O) groups is 4. The summed E-state index contributed by atoms with van der Waals surface area (Å²) < 4.78 is 0. The first-order chi connectivity index (χ1) is 14.6. The van der Waals surface area contributed by atoms with Crippen molar-refractivity contribution in [2.45, 2.75) is 25.3 Å². The fourth-order valence-electron chi connectivity index (χ4n) is 2.43. The molecular formula is C17H19N7O7. The zero-order chi connectivity index (χ0) is 23.1. The first kappa shape index (κ1) is 22.8. The van der Waals surface area contributed by atoms with Crippen LogP contribution in [0.3, 0.4) is 0 Å². The van der Waals surface area contributed by atoms with Gasteiger partial charge >= 0.3 is 11.9 Å². The van der Waals surface area contributed by atoms with Gasteiger partial charge in [0, 0.05) is 6.42 Å². The fourth-order valence-corrected chi connectivity index (χ4v) is 2.43. The molecule has 0 bridgehead atoms. The highest BCUT2D eigenvalue weighted by molar-refractivity contribution is 5.96. The molecule has 1 unspecified atom stereocenters. The molecule has 2 rings (SSSR count). The highest BCUT2D eigenvalue weighted by Gasteiger charge is 2.22. The van der Waals surface area contributed by atoms with Gasteiger partial charge in [-0.15, -0.1) is 0 Å². The van der Waals surface area contributed by atoms with Crippen LogP contribution in [0.15, 0.2) is 23.1 Å². The molecule has 164 valence electrons. The lowest BCUT2D eigenvalue weighted by Gasteiger charge is -2.13. The van der Waals surface area contributed by atoms with Crippen LogP contribution >= 0.6 is 0 Å². The predicted molar refractivity (Wildman–Crippen MR) is 106 cm³/mol. The number of nitrogens with zero attached hydrogens (tertiary/aromatic N) is 2. The van der Waals surface area contributed by atoms with E-state index in [9.17, 15) is 24.0 Å². The molecule has 0 fully saturated rings. The van der Waals surface area contributed by atoms with Crippen LogP contribution < -0.4 is 27.7 Å². The van der Waals surface area contributed by atoms with E-state index in [0.29, 0.717) is 0 Å². The van der Waals surface area contributed by atoms with Gasteiger partial charge in [-0.3, -0.25) is 24.2 Å². The SMILES string of the molecule is Nc1nc(N)c(CC(=O)Nc2ccc(C(=O)NC(CCC(=O)O)C(=O)O)nc2)c(=O)[nH]1. The van der Waals surface area contributed by atoms with Gasteiger partial charge in [0.15, 0.2) is 0 Å². The Kier molecular flexibility index (Phi) is 7.22. The summed E-state index contributed by atoms with van der Waals surface area (Å²) in [7, 11) is 0. The molecule has 2 amide bonds. The minimum Gasteiger partial charge on any atom is -0.481 e. The number of aromatic amines is 1. The minimum absolute atomic E-state index is 0.0725. The van der Waals surface area contributed by atoms with Gasteiger partial charge in [0.05, 0.1) is 23.9 Å². The third-order valence-electron chi connectivity index (χ3n) is 3.93. The summed E-state index contributed by atoms with van der Waals surface area (Å²) in [5.74, 6) is -4.39. The van der Waals surface area contributed by atoms with Crippen molar-refractivity contribution in [3.05, 3.63) is 39.9 Å². The van der Waals surface area contributed by atoms with Crippen LogP contribution in [-0.4, -0.2) is 55.0 Å². The molecule has 0 aliphatic heterocycles. The largest absolute Gasteiger partial charge is 0.481 e. The van der Waals surface area contributed by atoms with Gasteiger partial charge in [0.1, 0.15) is 17.6 Å². The Hall–Kier alpha value is -4.49. The molecule has 0 aliphatic rings. The monoisotopic (exact) mass is 433 g/mol. The number of hydrogen-bond acceptors (Lipinski definition) is 9. The number of carboxylic acids is 2. The van der Waals surface area contributed by atoms with Crippen LogP contribution in [0.5, 0.6) is 0 Å². The van der Waals surface area contributed by atoms with Crippen molar-refractivity contribution >= 4 is 41.2 Å². The van der Waals surface area contributed by atoms with Crippen LogP contribution in [0.2, 0.25) is 0 Å². The first-order valence-electron chi connectivity index (χ1n) is 8.72. The summed E-state index contributed by atoms with van der Waals surface area (Å²) in [6.07, 6.45) is 0.0224. The number of amides is 2. The molecule has 31 heavy (non-hydrogen) atoms. The van der Waals surface area contributed by atoms with Crippen molar-refractivity contribution in [1.82, 2.24) is 20.3 Å². The number of rotatable bonds is 9. The molecule has 0 saturated heterocycles. The molecule has 2 aromatic rings. The number of pyridine rings is 1. The maximum atomic E-state index is 12.1. The summed E-state index contributed by atoms with van der Waals surface area (Å²) in [4.78, 5) is 67.6. The number of aliphatic carboxylic acids is 2. The standard InChI is InChI=1S/C17H19N7O7/c18-13-8(14(28)24-17(19)23-13)5-11(25)21-7-1-2-9(20-6-7)15(29)22-10(16(30)31)3-4-12(26)27/h1-2,6,10H,3-5H2,(H,21,25)(H,22,29)(H,26,27)(H,30,31)(H5,18,19,23,24,28). The smallest absolute Gasteiger partial charge is 0.326 e. The molecule has 9 N–H and O–H groups in total. The maximum absolute atomic E-state index is 12.1. The highest BCUT2D eigenvalue weighted by atomic mass is 16.4. The summed E-state index contributed by atoms with van der Waals surface area (Å²) in [5.41, 5.74) is 10.3. The number of nitrogen functional groups attached to an aromatic ring is 2. The average Bonchev–Trinajstić information content (AvgIpc) is 2.68. The number of H-pyrrole nitrogens is 1. The van der Waals surface area contributed by atoms with Gasteiger partial charge in [-0.2, -0.15) is 4.98 Å². The van der Waals surface area contributed by atoms with E-state index in [0.717, 1.165) is 6.20 Å². The van der Waals surface area contributed by atoms with Crippen molar-refractivity contribution in [2.24, 2.45) is 0 Å².